The highest BCUT2D eigenvalue weighted by atomic mass is 16.2. The van der Waals surface area contributed by atoms with Crippen LogP contribution in [0, 0.1) is 11.8 Å². The first-order chi connectivity index (χ1) is 8.13. The van der Waals surface area contributed by atoms with E-state index in [0.29, 0.717) is 13.1 Å². The molecule has 0 saturated carbocycles. The van der Waals surface area contributed by atoms with Crippen LogP contribution in [-0.2, 0) is 6.54 Å². The number of nitrogens with one attached hydrogen (secondary N) is 1. The summed E-state index contributed by atoms with van der Waals surface area (Å²) in [5.41, 5.74) is 7.24. The standard InChI is InChI=1S/C13H17N3O/c1-16(2)13(17)15-10-12-6-3-5-11(9-12)7-4-8-14/h3,5-6,9H,8,10,14H2,1-2H3,(H,15,17). The number of nitrogens with zero attached hydrogens (tertiary/aromatic N) is 1. The summed E-state index contributed by atoms with van der Waals surface area (Å²) < 4.78 is 0. The van der Waals surface area contributed by atoms with Gasteiger partial charge in [-0.15, -0.1) is 0 Å². The molecule has 0 saturated heterocycles. The van der Waals surface area contributed by atoms with Crippen molar-refractivity contribution in [2.24, 2.45) is 5.73 Å². The maximum atomic E-state index is 11.3. The highest BCUT2D eigenvalue weighted by Crippen LogP contribution is 2.03. The largest absolute Gasteiger partial charge is 0.334 e. The molecule has 0 aliphatic heterocycles. The Hall–Kier alpha value is -1.99. The number of amides is 2. The highest BCUT2D eigenvalue weighted by molar-refractivity contribution is 5.73. The minimum Gasteiger partial charge on any atom is -0.334 e. The second-order valence-corrected chi connectivity index (χ2v) is 3.76. The summed E-state index contributed by atoms with van der Waals surface area (Å²) in [5.74, 6) is 5.75. The van der Waals surface area contributed by atoms with Crippen molar-refractivity contribution in [1.29, 1.82) is 0 Å². The predicted molar refractivity (Wildman–Crippen MR) is 68.3 cm³/mol. The van der Waals surface area contributed by atoms with Gasteiger partial charge >= 0.3 is 6.03 Å². The summed E-state index contributed by atoms with van der Waals surface area (Å²) in [6.07, 6.45) is 0. The number of hydrogen-bond acceptors (Lipinski definition) is 2. The Labute approximate surface area is 102 Å². The van der Waals surface area contributed by atoms with Crippen LogP contribution in [0.5, 0.6) is 0 Å². The van der Waals surface area contributed by atoms with Crippen LogP contribution in [-0.4, -0.2) is 31.6 Å². The first-order valence-corrected chi connectivity index (χ1v) is 5.36. The van der Waals surface area contributed by atoms with E-state index in [9.17, 15) is 4.79 Å². The second kappa shape index (κ2) is 6.56. The fourth-order valence-corrected chi connectivity index (χ4v) is 1.25. The minimum absolute atomic E-state index is 0.108. The number of carbonyl (C=O) groups is 1. The molecule has 0 spiro atoms. The molecule has 1 aromatic carbocycles. The molecular formula is C13H17N3O. The Balaban J connectivity index is 2.63. The van der Waals surface area contributed by atoms with Crippen molar-refractivity contribution < 1.29 is 4.79 Å². The monoisotopic (exact) mass is 231 g/mol. The van der Waals surface area contributed by atoms with Gasteiger partial charge in [-0.1, -0.05) is 24.0 Å². The molecule has 90 valence electrons. The van der Waals surface area contributed by atoms with Gasteiger partial charge in [0.2, 0.25) is 0 Å². The maximum absolute atomic E-state index is 11.3. The molecule has 1 aromatic rings. The van der Waals surface area contributed by atoms with Crippen molar-refractivity contribution in [3.8, 4) is 11.8 Å². The lowest BCUT2D eigenvalue weighted by Crippen LogP contribution is -2.33. The summed E-state index contributed by atoms with van der Waals surface area (Å²) in [4.78, 5) is 12.8. The molecule has 17 heavy (non-hydrogen) atoms. The summed E-state index contributed by atoms with van der Waals surface area (Å²) >= 11 is 0. The zero-order valence-electron chi connectivity index (χ0n) is 10.2. The van der Waals surface area contributed by atoms with E-state index >= 15 is 0 Å². The van der Waals surface area contributed by atoms with Crippen molar-refractivity contribution in [3.63, 3.8) is 0 Å². The van der Waals surface area contributed by atoms with Gasteiger partial charge in [0.15, 0.2) is 0 Å². The van der Waals surface area contributed by atoms with Crippen LogP contribution in [0.4, 0.5) is 4.79 Å². The van der Waals surface area contributed by atoms with E-state index in [4.69, 9.17) is 5.73 Å². The van der Waals surface area contributed by atoms with E-state index in [2.05, 4.69) is 17.2 Å². The normalized spacial score (nSPS) is 9.12. The Bertz CT molecular complexity index is 443. The van der Waals surface area contributed by atoms with Crippen LogP contribution in [0.25, 0.3) is 0 Å². The van der Waals surface area contributed by atoms with Crippen molar-refractivity contribution in [2.45, 2.75) is 6.54 Å². The number of urea groups is 1. The van der Waals surface area contributed by atoms with E-state index in [1.165, 1.54) is 4.90 Å². The molecule has 4 heteroatoms. The van der Waals surface area contributed by atoms with Crippen LogP contribution in [0.3, 0.4) is 0 Å². The van der Waals surface area contributed by atoms with E-state index in [1.54, 1.807) is 14.1 Å². The van der Waals surface area contributed by atoms with Crippen LogP contribution in [0.2, 0.25) is 0 Å². The number of benzene rings is 1. The third-order valence-electron chi connectivity index (χ3n) is 2.11. The highest BCUT2D eigenvalue weighted by Gasteiger charge is 2.02. The van der Waals surface area contributed by atoms with E-state index in [0.717, 1.165) is 11.1 Å². The first kappa shape index (κ1) is 13.1. The Morgan fingerprint density at radius 2 is 2.24 bits per heavy atom. The summed E-state index contributed by atoms with van der Waals surface area (Å²) in [7, 11) is 3.41. The van der Waals surface area contributed by atoms with Gasteiger partial charge in [-0.3, -0.25) is 0 Å². The van der Waals surface area contributed by atoms with Crippen molar-refractivity contribution >= 4 is 6.03 Å². The van der Waals surface area contributed by atoms with E-state index in [1.807, 2.05) is 24.3 Å². The first-order valence-electron chi connectivity index (χ1n) is 5.36. The van der Waals surface area contributed by atoms with Crippen molar-refractivity contribution in [3.05, 3.63) is 35.4 Å². The molecule has 0 aliphatic rings. The van der Waals surface area contributed by atoms with Gasteiger partial charge < -0.3 is 16.0 Å². The molecule has 0 aromatic heterocycles. The number of carbonyl (C=O) groups excluding carboxylic acids is 1. The van der Waals surface area contributed by atoms with Crippen LogP contribution in [0.15, 0.2) is 24.3 Å². The molecule has 0 unspecified atom stereocenters. The summed E-state index contributed by atoms with van der Waals surface area (Å²) in [6.45, 7) is 0.844. The molecule has 4 nitrogen and oxygen atoms in total. The van der Waals surface area contributed by atoms with Gasteiger partial charge in [-0.25, -0.2) is 4.79 Å². The van der Waals surface area contributed by atoms with Gasteiger partial charge in [-0.05, 0) is 17.7 Å². The van der Waals surface area contributed by atoms with Crippen LogP contribution in [0.1, 0.15) is 11.1 Å². The number of nitrogens with two attached hydrogens (primary N) is 1. The third-order valence-corrected chi connectivity index (χ3v) is 2.11. The van der Waals surface area contributed by atoms with E-state index in [-0.39, 0.29) is 6.03 Å². The topological polar surface area (TPSA) is 58.4 Å². The van der Waals surface area contributed by atoms with Gasteiger partial charge in [0, 0.05) is 26.2 Å². The minimum atomic E-state index is -0.108. The zero-order chi connectivity index (χ0) is 12.7. The van der Waals surface area contributed by atoms with Gasteiger partial charge in [0.1, 0.15) is 0 Å². The smallest absolute Gasteiger partial charge is 0.317 e. The van der Waals surface area contributed by atoms with Crippen molar-refractivity contribution in [2.75, 3.05) is 20.6 Å². The zero-order valence-corrected chi connectivity index (χ0v) is 10.2. The Morgan fingerprint density at radius 3 is 2.88 bits per heavy atom. The van der Waals surface area contributed by atoms with Gasteiger partial charge in [-0.2, -0.15) is 0 Å². The summed E-state index contributed by atoms with van der Waals surface area (Å²) in [5, 5.41) is 2.80. The lowest BCUT2D eigenvalue weighted by molar-refractivity contribution is 0.217. The molecule has 1 rings (SSSR count). The van der Waals surface area contributed by atoms with Crippen LogP contribution >= 0.6 is 0 Å². The predicted octanol–water partition coefficient (Wildman–Crippen LogP) is 0.768. The quantitative estimate of drug-likeness (QED) is 0.739. The SMILES string of the molecule is CN(C)C(=O)NCc1cccc(C#CCN)c1. The number of hydrogen-bond donors (Lipinski definition) is 2. The molecule has 0 bridgehead atoms. The average Bonchev–Trinajstić information content (AvgIpc) is 2.33. The Kier molecular flexibility index (Phi) is 5.05. The fourth-order valence-electron chi connectivity index (χ4n) is 1.25. The second-order valence-electron chi connectivity index (χ2n) is 3.76. The van der Waals surface area contributed by atoms with Crippen LogP contribution < -0.4 is 11.1 Å². The average molecular weight is 231 g/mol. The Morgan fingerprint density at radius 1 is 1.47 bits per heavy atom. The molecule has 0 heterocycles. The molecule has 0 radical (unpaired) electrons. The molecule has 2 amide bonds. The lowest BCUT2D eigenvalue weighted by Gasteiger charge is -2.11. The van der Waals surface area contributed by atoms with Gasteiger partial charge in [0.05, 0.1) is 6.54 Å². The molecule has 0 fully saturated rings. The summed E-state index contributed by atoms with van der Waals surface area (Å²) in [6, 6.07) is 7.61. The van der Waals surface area contributed by atoms with E-state index < -0.39 is 0 Å². The molecule has 3 N–H and O–H groups in total. The fraction of sp³-hybridized carbons (Fsp3) is 0.308. The molecule has 0 atom stereocenters. The third kappa shape index (κ3) is 4.58. The van der Waals surface area contributed by atoms with Gasteiger partial charge in [0.25, 0.3) is 0 Å². The number of rotatable bonds is 2. The molecular weight excluding hydrogens is 214 g/mol. The molecule has 0 aliphatic carbocycles. The maximum Gasteiger partial charge on any atom is 0.317 e. The van der Waals surface area contributed by atoms with Crippen molar-refractivity contribution in [1.82, 2.24) is 10.2 Å². The lowest BCUT2D eigenvalue weighted by atomic mass is 10.1.